The fraction of sp³-hybridized carbons (Fsp3) is 0.333. The van der Waals surface area contributed by atoms with E-state index in [-0.39, 0.29) is 0 Å². The van der Waals surface area contributed by atoms with Crippen LogP contribution in [0.15, 0.2) is 55.0 Å². The van der Waals surface area contributed by atoms with Crippen LogP contribution in [0.4, 0.5) is 5.82 Å². The van der Waals surface area contributed by atoms with E-state index >= 15 is 0 Å². The van der Waals surface area contributed by atoms with Gasteiger partial charge in [-0.2, -0.15) is 0 Å². The zero-order valence-electron chi connectivity index (χ0n) is 15.9. The van der Waals surface area contributed by atoms with E-state index in [1.165, 1.54) is 11.1 Å². The molecule has 140 valence electrons. The average molecular weight is 380 g/mol. The first-order valence-corrected chi connectivity index (χ1v) is 9.76. The summed E-state index contributed by atoms with van der Waals surface area (Å²) in [6.45, 7) is 9.07. The third kappa shape index (κ3) is 3.82. The SMILES string of the molecule is Cc1ccc(-n2ccn(CN3CCN(c4ccccn4)CC3)c2=S)c(C)c1. The number of hydrogen-bond acceptors (Lipinski definition) is 4. The molecule has 5 nitrogen and oxygen atoms in total. The number of nitrogens with zero attached hydrogens (tertiary/aromatic N) is 5. The quantitative estimate of drug-likeness (QED) is 0.645. The fourth-order valence-electron chi connectivity index (χ4n) is 3.65. The van der Waals surface area contributed by atoms with Crippen LogP contribution in [0.2, 0.25) is 0 Å². The molecule has 2 aromatic heterocycles. The van der Waals surface area contributed by atoms with Crippen molar-refractivity contribution in [3.63, 3.8) is 0 Å². The lowest BCUT2D eigenvalue weighted by atomic mass is 10.1. The Hall–Kier alpha value is -2.44. The Morgan fingerprint density at radius 3 is 2.52 bits per heavy atom. The predicted octanol–water partition coefficient (Wildman–Crippen LogP) is 3.80. The van der Waals surface area contributed by atoms with Gasteiger partial charge < -0.3 is 9.47 Å². The highest BCUT2D eigenvalue weighted by Gasteiger charge is 2.18. The summed E-state index contributed by atoms with van der Waals surface area (Å²) in [7, 11) is 0. The Balaban J connectivity index is 1.44. The standard InChI is InChI=1S/C21H25N5S/c1-17-6-7-19(18(2)15-17)26-14-13-25(21(26)27)16-23-9-11-24(12-10-23)20-5-3-4-8-22-20/h3-8,13-15H,9-12,16H2,1-2H3. The van der Waals surface area contributed by atoms with Gasteiger partial charge in [0.15, 0.2) is 4.77 Å². The lowest BCUT2D eigenvalue weighted by Gasteiger charge is -2.35. The summed E-state index contributed by atoms with van der Waals surface area (Å²) in [5, 5.41) is 0. The van der Waals surface area contributed by atoms with E-state index < -0.39 is 0 Å². The van der Waals surface area contributed by atoms with Crippen molar-refractivity contribution in [2.24, 2.45) is 0 Å². The maximum atomic E-state index is 5.75. The molecule has 0 saturated carbocycles. The maximum absolute atomic E-state index is 5.75. The van der Waals surface area contributed by atoms with Crippen molar-refractivity contribution in [1.82, 2.24) is 19.0 Å². The van der Waals surface area contributed by atoms with Gasteiger partial charge in [0.05, 0.1) is 12.4 Å². The second-order valence-corrected chi connectivity index (χ2v) is 7.51. The van der Waals surface area contributed by atoms with Crippen LogP contribution < -0.4 is 4.90 Å². The number of benzene rings is 1. The summed E-state index contributed by atoms with van der Waals surface area (Å²) in [5.74, 6) is 1.06. The Labute approximate surface area is 165 Å². The van der Waals surface area contributed by atoms with Gasteiger partial charge in [0, 0.05) is 44.8 Å². The van der Waals surface area contributed by atoms with E-state index in [1.54, 1.807) is 0 Å². The molecule has 1 aromatic carbocycles. The first-order valence-electron chi connectivity index (χ1n) is 9.35. The molecule has 0 radical (unpaired) electrons. The molecular formula is C21H25N5S. The van der Waals surface area contributed by atoms with Crippen LogP contribution in [0.1, 0.15) is 11.1 Å². The number of hydrogen-bond donors (Lipinski definition) is 0. The van der Waals surface area contributed by atoms with Crippen LogP contribution in [0, 0.1) is 18.6 Å². The van der Waals surface area contributed by atoms with Crippen molar-refractivity contribution in [2.45, 2.75) is 20.5 Å². The van der Waals surface area contributed by atoms with Crippen LogP contribution in [-0.4, -0.2) is 45.2 Å². The normalized spacial score (nSPS) is 15.3. The molecule has 0 aliphatic carbocycles. The van der Waals surface area contributed by atoms with E-state index in [1.807, 2.05) is 18.3 Å². The van der Waals surface area contributed by atoms with Crippen LogP contribution in [0.5, 0.6) is 0 Å². The molecule has 4 rings (SSSR count). The Morgan fingerprint density at radius 2 is 1.81 bits per heavy atom. The van der Waals surface area contributed by atoms with Gasteiger partial charge in [0.2, 0.25) is 0 Å². The zero-order valence-corrected chi connectivity index (χ0v) is 16.7. The Kier molecular flexibility index (Phi) is 5.09. The molecular weight excluding hydrogens is 354 g/mol. The van der Waals surface area contributed by atoms with Gasteiger partial charge in [-0.1, -0.05) is 23.8 Å². The van der Waals surface area contributed by atoms with Gasteiger partial charge in [-0.3, -0.25) is 9.47 Å². The smallest absolute Gasteiger partial charge is 0.185 e. The molecule has 0 N–H and O–H groups in total. The van der Waals surface area contributed by atoms with Crippen LogP contribution in [-0.2, 0) is 6.67 Å². The Morgan fingerprint density at radius 1 is 1.00 bits per heavy atom. The third-order valence-corrected chi connectivity index (χ3v) is 5.59. The van der Waals surface area contributed by atoms with Gasteiger partial charge in [0.25, 0.3) is 0 Å². The summed E-state index contributed by atoms with van der Waals surface area (Å²) in [6, 6.07) is 12.6. The first kappa shape index (κ1) is 17.9. The Bertz CT molecular complexity index is 968. The van der Waals surface area contributed by atoms with Crippen molar-refractivity contribution in [1.29, 1.82) is 0 Å². The summed E-state index contributed by atoms with van der Waals surface area (Å²) in [4.78, 5) is 9.25. The molecule has 0 unspecified atom stereocenters. The second-order valence-electron chi connectivity index (χ2n) is 7.14. The van der Waals surface area contributed by atoms with Crippen LogP contribution in [0.3, 0.4) is 0 Å². The number of anilines is 1. The molecule has 27 heavy (non-hydrogen) atoms. The van der Waals surface area contributed by atoms with Crippen LogP contribution in [0.25, 0.3) is 5.69 Å². The van der Waals surface area contributed by atoms with Crippen molar-refractivity contribution in [3.05, 3.63) is 70.9 Å². The van der Waals surface area contributed by atoms with E-state index in [0.717, 1.165) is 49.1 Å². The minimum absolute atomic E-state index is 0.826. The molecule has 0 spiro atoms. The maximum Gasteiger partial charge on any atom is 0.185 e. The number of aryl methyl sites for hydroxylation is 2. The topological polar surface area (TPSA) is 29.2 Å². The molecule has 1 saturated heterocycles. The minimum Gasteiger partial charge on any atom is -0.354 e. The summed E-state index contributed by atoms with van der Waals surface area (Å²) < 4.78 is 5.10. The second kappa shape index (κ2) is 7.66. The molecule has 3 aromatic rings. The molecule has 0 amide bonds. The monoisotopic (exact) mass is 379 g/mol. The fourth-order valence-corrected chi connectivity index (χ4v) is 3.93. The van der Waals surface area contributed by atoms with E-state index in [9.17, 15) is 0 Å². The number of piperazine rings is 1. The van der Waals surface area contributed by atoms with Gasteiger partial charge in [-0.25, -0.2) is 4.98 Å². The molecule has 3 heterocycles. The van der Waals surface area contributed by atoms with Gasteiger partial charge in [-0.15, -0.1) is 0 Å². The molecule has 6 heteroatoms. The van der Waals surface area contributed by atoms with Gasteiger partial charge in [-0.05, 0) is 49.8 Å². The van der Waals surface area contributed by atoms with Gasteiger partial charge in [0.1, 0.15) is 5.82 Å². The molecule has 1 aliphatic heterocycles. The van der Waals surface area contributed by atoms with Crippen molar-refractivity contribution >= 4 is 18.0 Å². The predicted molar refractivity (Wildman–Crippen MR) is 112 cm³/mol. The lowest BCUT2D eigenvalue weighted by Crippen LogP contribution is -2.47. The highest BCUT2D eigenvalue weighted by molar-refractivity contribution is 7.71. The molecule has 0 bridgehead atoms. The highest BCUT2D eigenvalue weighted by atomic mass is 32.1. The molecule has 1 fully saturated rings. The van der Waals surface area contributed by atoms with Crippen LogP contribution >= 0.6 is 12.2 Å². The molecule has 0 atom stereocenters. The van der Waals surface area contributed by atoms with Crippen molar-refractivity contribution < 1.29 is 0 Å². The largest absolute Gasteiger partial charge is 0.354 e. The first-order chi connectivity index (χ1) is 13.1. The summed E-state index contributed by atoms with van der Waals surface area (Å²) in [5.41, 5.74) is 3.67. The van der Waals surface area contributed by atoms with E-state index in [4.69, 9.17) is 12.2 Å². The van der Waals surface area contributed by atoms with Crippen molar-refractivity contribution in [2.75, 3.05) is 31.1 Å². The minimum atomic E-state index is 0.826. The van der Waals surface area contributed by atoms with E-state index in [0.29, 0.717) is 0 Å². The number of rotatable bonds is 4. The highest BCUT2D eigenvalue weighted by Crippen LogP contribution is 2.18. The lowest BCUT2D eigenvalue weighted by molar-refractivity contribution is 0.204. The van der Waals surface area contributed by atoms with Gasteiger partial charge >= 0.3 is 0 Å². The number of imidazole rings is 1. The average Bonchev–Trinajstić information content (AvgIpc) is 3.03. The van der Waals surface area contributed by atoms with Crippen molar-refractivity contribution in [3.8, 4) is 5.69 Å². The molecule has 1 aliphatic rings. The number of pyridine rings is 1. The number of aromatic nitrogens is 3. The van der Waals surface area contributed by atoms with E-state index in [2.05, 4.69) is 74.4 Å². The summed E-state index contributed by atoms with van der Waals surface area (Å²) >= 11 is 5.75. The third-order valence-electron chi connectivity index (χ3n) is 5.16. The zero-order chi connectivity index (χ0) is 18.8. The summed E-state index contributed by atoms with van der Waals surface area (Å²) in [6.07, 6.45) is 6.02.